The van der Waals surface area contributed by atoms with Crippen LogP contribution in [-0.4, -0.2) is 39.8 Å². The Morgan fingerprint density at radius 3 is 2.25 bits per heavy atom. The molecular weight excluding hydrogens is 218 g/mol. The number of likely N-dealkylation sites (tertiary alicyclic amines) is 1. The van der Waals surface area contributed by atoms with E-state index in [1.54, 1.807) is 0 Å². The van der Waals surface area contributed by atoms with Crippen molar-refractivity contribution < 1.29 is 24.4 Å². The zero-order valence-electron chi connectivity index (χ0n) is 8.30. The van der Waals surface area contributed by atoms with Crippen LogP contribution in [0, 0.1) is 0 Å². The first kappa shape index (κ1) is 12.1. The van der Waals surface area contributed by atoms with E-state index in [1.807, 2.05) is 0 Å². The zero-order chi connectivity index (χ0) is 12.3. The molecule has 4 amide bonds. The average molecular weight is 229 g/mol. The Hall–Kier alpha value is -1.96. The molecule has 1 aliphatic rings. The average Bonchev–Trinajstić information content (AvgIpc) is 2.54. The highest BCUT2D eigenvalue weighted by atomic mass is 16.5. The summed E-state index contributed by atoms with van der Waals surface area (Å²) >= 11 is 0. The maximum atomic E-state index is 11.3. The Balaban J connectivity index is 2.91. The molecule has 1 saturated heterocycles. The van der Waals surface area contributed by atoms with Crippen molar-refractivity contribution >= 4 is 23.6 Å². The number of nitrogens with one attached hydrogen (secondary N) is 1. The molecule has 4 N–H and O–H groups in total. The van der Waals surface area contributed by atoms with Crippen molar-refractivity contribution in [1.29, 1.82) is 0 Å². The van der Waals surface area contributed by atoms with Crippen molar-refractivity contribution in [2.75, 3.05) is 0 Å². The van der Waals surface area contributed by atoms with Gasteiger partial charge >= 0.3 is 0 Å². The minimum absolute atomic E-state index is 0.00714. The lowest BCUT2D eigenvalue weighted by Crippen LogP contribution is -2.50. The van der Waals surface area contributed by atoms with E-state index < -0.39 is 36.1 Å². The number of hydroxylamine groups is 1. The van der Waals surface area contributed by atoms with Crippen molar-refractivity contribution in [3.05, 3.63) is 0 Å². The molecule has 0 aliphatic carbocycles. The molecule has 8 heteroatoms. The first-order chi connectivity index (χ1) is 7.47. The second-order valence-electron chi connectivity index (χ2n) is 3.32. The van der Waals surface area contributed by atoms with Crippen molar-refractivity contribution in [3.8, 4) is 0 Å². The molecule has 0 aromatic heterocycles. The molecule has 0 bridgehead atoms. The molecule has 1 atom stereocenters. The van der Waals surface area contributed by atoms with Crippen molar-refractivity contribution in [1.82, 2.24) is 10.4 Å². The molecule has 16 heavy (non-hydrogen) atoms. The molecule has 0 aromatic carbocycles. The van der Waals surface area contributed by atoms with Crippen molar-refractivity contribution in [2.45, 2.75) is 25.3 Å². The fourth-order valence-corrected chi connectivity index (χ4v) is 1.51. The van der Waals surface area contributed by atoms with Crippen molar-refractivity contribution in [2.24, 2.45) is 5.73 Å². The second kappa shape index (κ2) is 4.71. The summed E-state index contributed by atoms with van der Waals surface area (Å²) in [5.74, 6) is -2.97. The van der Waals surface area contributed by atoms with Gasteiger partial charge in [0.1, 0.15) is 6.04 Å². The molecule has 0 spiro atoms. The first-order valence-corrected chi connectivity index (χ1v) is 4.54. The lowest BCUT2D eigenvalue weighted by Gasteiger charge is -2.22. The highest BCUT2D eigenvalue weighted by molar-refractivity contribution is 6.06. The number of nitrogens with zero attached hydrogens (tertiary/aromatic N) is 1. The smallest absolute Gasteiger partial charge is 0.267 e. The van der Waals surface area contributed by atoms with Gasteiger partial charge in [0.15, 0.2) is 0 Å². The van der Waals surface area contributed by atoms with Gasteiger partial charge in [0.05, 0.1) is 6.42 Å². The maximum absolute atomic E-state index is 11.3. The van der Waals surface area contributed by atoms with E-state index in [0.29, 0.717) is 4.90 Å². The fraction of sp³-hybridized carbons (Fsp3) is 0.500. The summed E-state index contributed by atoms with van der Waals surface area (Å²) < 4.78 is 0. The molecular formula is C8H11N3O5. The maximum Gasteiger partial charge on any atom is 0.267 e. The van der Waals surface area contributed by atoms with Gasteiger partial charge in [0.2, 0.25) is 17.7 Å². The normalized spacial score (nSPS) is 17.4. The number of hydrogen-bond donors (Lipinski definition) is 3. The standard InChI is InChI=1S/C8H11N3O5/c9-5(12)3-4(8(15)10-16)11-6(13)1-2-7(11)14/h4,16H,1-3H2,(H2,9,12)(H,10,15). The van der Waals surface area contributed by atoms with Crippen LogP contribution in [0.1, 0.15) is 19.3 Å². The predicted molar refractivity (Wildman–Crippen MR) is 48.6 cm³/mol. The van der Waals surface area contributed by atoms with Crippen LogP contribution in [0.3, 0.4) is 0 Å². The zero-order valence-corrected chi connectivity index (χ0v) is 8.30. The Morgan fingerprint density at radius 2 is 1.88 bits per heavy atom. The summed E-state index contributed by atoms with van der Waals surface area (Å²) in [6.07, 6.45) is -0.524. The van der Waals surface area contributed by atoms with Gasteiger partial charge in [-0.3, -0.25) is 29.3 Å². The lowest BCUT2D eigenvalue weighted by molar-refractivity contribution is -0.150. The third-order valence-electron chi connectivity index (χ3n) is 2.21. The van der Waals surface area contributed by atoms with Gasteiger partial charge in [-0.05, 0) is 0 Å². The monoisotopic (exact) mass is 229 g/mol. The number of carbonyl (C=O) groups is 4. The van der Waals surface area contributed by atoms with Crippen LogP contribution in [0.25, 0.3) is 0 Å². The Labute approximate surface area is 90.3 Å². The largest absolute Gasteiger partial charge is 0.370 e. The van der Waals surface area contributed by atoms with E-state index in [9.17, 15) is 19.2 Å². The Kier molecular flexibility index (Phi) is 3.56. The summed E-state index contributed by atoms with van der Waals surface area (Å²) in [5, 5.41) is 8.45. The van der Waals surface area contributed by atoms with E-state index in [0.717, 1.165) is 0 Å². The van der Waals surface area contributed by atoms with E-state index in [-0.39, 0.29) is 12.8 Å². The van der Waals surface area contributed by atoms with Gasteiger partial charge in [0, 0.05) is 12.8 Å². The number of nitrogens with two attached hydrogens (primary N) is 1. The lowest BCUT2D eigenvalue weighted by atomic mass is 10.1. The van der Waals surface area contributed by atoms with Gasteiger partial charge in [-0.2, -0.15) is 0 Å². The highest BCUT2D eigenvalue weighted by Gasteiger charge is 2.39. The second-order valence-corrected chi connectivity index (χ2v) is 3.32. The molecule has 88 valence electrons. The number of hydrogen-bond acceptors (Lipinski definition) is 5. The minimum Gasteiger partial charge on any atom is -0.370 e. The van der Waals surface area contributed by atoms with Gasteiger partial charge in [-0.1, -0.05) is 0 Å². The number of amides is 4. The molecule has 0 radical (unpaired) electrons. The number of imide groups is 1. The van der Waals surface area contributed by atoms with E-state index in [2.05, 4.69) is 0 Å². The van der Waals surface area contributed by atoms with Crippen LogP contribution in [0.5, 0.6) is 0 Å². The van der Waals surface area contributed by atoms with Gasteiger partial charge in [0.25, 0.3) is 5.91 Å². The first-order valence-electron chi connectivity index (χ1n) is 4.54. The Bertz CT molecular complexity index is 338. The topological polar surface area (TPSA) is 130 Å². The van der Waals surface area contributed by atoms with Crippen LogP contribution >= 0.6 is 0 Å². The number of carbonyl (C=O) groups excluding carboxylic acids is 4. The SMILES string of the molecule is NC(=O)CC(C(=O)NO)N1C(=O)CCC1=O. The predicted octanol–water partition coefficient (Wildman–Crippen LogP) is -2.12. The van der Waals surface area contributed by atoms with Crippen LogP contribution in [0.4, 0.5) is 0 Å². The van der Waals surface area contributed by atoms with Crippen LogP contribution in [-0.2, 0) is 19.2 Å². The summed E-state index contributed by atoms with van der Waals surface area (Å²) in [5.41, 5.74) is 6.19. The Morgan fingerprint density at radius 1 is 1.38 bits per heavy atom. The third-order valence-corrected chi connectivity index (χ3v) is 2.21. The molecule has 1 aliphatic heterocycles. The molecule has 1 rings (SSSR count). The van der Waals surface area contributed by atoms with Gasteiger partial charge in [-0.25, -0.2) is 5.48 Å². The summed E-state index contributed by atoms with van der Waals surface area (Å²) in [6, 6.07) is -1.37. The van der Waals surface area contributed by atoms with Crippen molar-refractivity contribution in [3.63, 3.8) is 0 Å². The molecule has 1 fully saturated rings. The molecule has 0 aromatic rings. The van der Waals surface area contributed by atoms with Crippen LogP contribution < -0.4 is 11.2 Å². The van der Waals surface area contributed by atoms with E-state index >= 15 is 0 Å². The van der Waals surface area contributed by atoms with Crippen LogP contribution in [0.2, 0.25) is 0 Å². The molecule has 0 saturated carbocycles. The third kappa shape index (κ3) is 2.34. The minimum atomic E-state index is -1.37. The number of rotatable bonds is 4. The highest BCUT2D eigenvalue weighted by Crippen LogP contribution is 2.17. The van der Waals surface area contributed by atoms with Gasteiger partial charge < -0.3 is 5.73 Å². The van der Waals surface area contributed by atoms with E-state index in [4.69, 9.17) is 10.9 Å². The quantitative estimate of drug-likeness (QED) is 0.288. The summed E-state index contributed by atoms with van der Waals surface area (Å²) in [7, 11) is 0. The molecule has 1 heterocycles. The number of primary amides is 1. The van der Waals surface area contributed by atoms with Gasteiger partial charge in [-0.15, -0.1) is 0 Å². The fourth-order valence-electron chi connectivity index (χ4n) is 1.51. The van der Waals surface area contributed by atoms with Crippen LogP contribution in [0.15, 0.2) is 0 Å². The summed E-state index contributed by atoms with van der Waals surface area (Å²) in [6.45, 7) is 0. The van der Waals surface area contributed by atoms with E-state index in [1.165, 1.54) is 5.48 Å². The molecule has 1 unspecified atom stereocenters. The molecule has 8 nitrogen and oxygen atoms in total. The summed E-state index contributed by atoms with van der Waals surface area (Å²) in [4.78, 5) is 45.2.